The average molecular weight is 229 g/mol. The van der Waals surface area contributed by atoms with Crippen LogP contribution in [0.2, 0.25) is 0 Å². The molecule has 3 atom stereocenters. The number of hydrogen-bond acceptors (Lipinski definition) is 2. The third kappa shape index (κ3) is 4.78. The van der Waals surface area contributed by atoms with Crippen LogP contribution in [0, 0.1) is 5.92 Å². The fourth-order valence-corrected chi connectivity index (χ4v) is 3.37. The van der Waals surface area contributed by atoms with Crippen molar-refractivity contribution in [1.29, 1.82) is 0 Å². The van der Waals surface area contributed by atoms with Crippen LogP contribution in [-0.2, 0) is 0 Å². The van der Waals surface area contributed by atoms with Crippen molar-refractivity contribution in [3.05, 3.63) is 0 Å². The zero-order valence-electron chi connectivity index (χ0n) is 10.6. The molecule has 0 aromatic rings. The van der Waals surface area contributed by atoms with Crippen LogP contribution in [0.5, 0.6) is 0 Å². The van der Waals surface area contributed by atoms with Crippen molar-refractivity contribution >= 4 is 11.8 Å². The Kier molecular flexibility index (Phi) is 6.74. The Bertz CT molecular complexity index is 161. The summed E-state index contributed by atoms with van der Waals surface area (Å²) >= 11 is 1.97. The van der Waals surface area contributed by atoms with Crippen LogP contribution in [0.25, 0.3) is 0 Å². The van der Waals surface area contributed by atoms with Crippen LogP contribution >= 0.6 is 11.8 Å². The number of nitrogens with one attached hydrogen (secondary N) is 1. The van der Waals surface area contributed by atoms with Gasteiger partial charge in [-0.25, -0.2) is 0 Å². The molecule has 0 saturated heterocycles. The minimum atomic E-state index is 0.737. The predicted molar refractivity (Wildman–Crippen MR) is 71.6 cm³/mol. The molecule has 1 nitrogen and oxygen atoms in total. The Morgan fingerprint density at radius 3 is 2.73 bits per heavy atom. The van der Waals surface area contributed by atoms with E-state index in [1.165, 1.54) is 44.3 Å². The van der Waals surface area contributed by atoms with Crippen LogP contribution in [0.4, 0.5) is 0 Å². The molecule has 0 aromatic carbocycles. The van der Waals surface area contributed by atoms with Crippen LogP contribution in [-0.4, -0.2) is 24.1 Å². The summed E-state index contributed by atoms with van der Waals surface area (Å²) < 4.78 is 0. The quantitative estimate of drug-likeness (QED) is 0.745. The lowest BCUT2D eigenvalue weighted by molar-refractivity contribution is 0.264. The van der Waals surface area contributed by atoms with Crippen molar-refractivity contribution in [2.45, 2.75) is 64.5 Å². The van der Waals surface area contributed by atoms with Crippen molar-refractivity contribution in [3.8, 4) is 0 Å². The van der Waals surface area contributed by atoms with Gasteiger partial charge in [-0.05, 0) is 31.4 Å². The van der Waals surface area contributed by atoms with Crippen LogP contribution in [0.1, 0.15) is 52.4 Å². The first-order chi connectivity index (χ1) is 7.30. The Labute approximate surface area is 99.8 Å². The van der Waals surface area contributed by atoms with Crippen molar-refractivity contribution in [2.75, 3.05) is 12.0 Å². The highest BCUT2D eigenvalue weighted by Crippen LogP contribution is 2.27. The molecule has 0 radical (unpaired) electrons. The standard InChI is InChI=1S/C13H27NS/c1-4-11-7-6-8-13(9-11)14-12(5-2)10-15-3/h11-14H,4-10H2,1-3H3. The molecule has 15 heavy (non-hydrogen) atoms. The fourth-order valence-electron chi connectivity index (χ4n) is 2.63. The molecule has 0 heterocycles. The van der Waals surface area contributed by atoms with Gasteiger partial charge in [0, 0.05) is 17.8 Å². The van der Waals surface area contributed by atoms with Gasteiger partial charge < -0.3 is 5.32 Å². The zero-order chi connectivity index (χ0) is 11.1. The fraction of sp³-hybridized carbons (Fsp3) is 1.00. The van der Waals surface area contributed by atoms with E-state index in [0.717, 1.165) is 18.0 Å². The number of hydrogen-bond donors (Lipinski definition) is 1. The highest BCUT2D eigenvalue weighted by Gasteiger charge is 2.22. The maximum Gasteiger partial charge on any atom is 0.0158 e. The molecule has 1 saturated carbocycles. The Morgan fingerprint density at radius 2 is 2.13 bits per heavy atom. The minimum absolute atomic E-state index is 0.737. The van der Waals surface area contributed by atoms with E-state index in [9.17, 15) is 0 Å². The van der Waals surface area contributed by atoms with E-state index in [2.05, 4.69) is 25.4 Å². The van der Waals surface area contributed by atoms with Gasteiger partial charge >= 0.3 is 0 Å². The van der Waals surface area contributed by atoms with E-state index in [-0.39, 0.29) is 0 Å². The lowest BCUT2D eigenvalue weighted by Gasteiger charge is -2.32. The number of rotatable bonds is 6. The molecule has 0 spiro atoms. The molecule has 0 amide bonds. The lowest BCUT2D eigenvalue weighted by atomic mass is 9.84. The largest absolute Gasteiger partial charge is 0.310 e. The first-order valence-corrected chi connectivity index (χ1v) is 7.94. The first kappa shape index (κ1) is 13.4. The maximum absolute atomic E-state index is 3.85. The van der Waals surface area contributed by atoms with Gasteiger partial charge in [-0.1, -0.05) is 33.1 Å². The highest BCUT2D eigenvalue weighted by molar-refractivity contribution is 7.98. The molecular formula is C13H27NS. The molecule has 2 heteroatoms. The van der Waals surface area contributed by atoms with Gasteiger partial charge in [0.1, 0.15) is 0 Å². The maximum atomic E-state index is 3.85. The molecule has 90 valence electrons. The molecule has 1 aliphatic rings. The van der Waals surface area contributed by atoms with Gasteiger partial charge in [0.05, 0.1) is 0 Å². The predicted octanol–water partition coefficient (Wildman–Crippen LogP) is 3.69. The minimum Gasteiger partial charge on any atom is -0.310 e. The molecule has 0 bridgehead atoms. The van der Waals surface area contributed by atoms with Gasteiger partial charge in [0.2, 0.25) is 0 Å². The summed E-state index contributed by atoms with van der Waals surface area (Å²) in [6.45, 7) is 4.64. The Morgan fingerprint density at radius 1 is 1.33 bits per heavy atom. The molecule has 1 aliphatic carbocycles. The lowest BCUT2D eigenvalue weighted by Crippen LogP contribution is -2.42. The SMILES string of the molecule is CCC1CCCC(NC(CC)CSC)C1. The molecule has 0 aromatic heterocycles. The summed E-state index contributed by atoms with van der Waals surface area (Å²) in [5.41, 5.74) is 0. The second-order valence-electron chi connectivity index (χ2n) is 4.86. The monoisotopic (exact) mass is 229 g/mol. The van der Waals surface area contributed by atoms with Gasteiger partial charge in [-0.3, -0.25) is 0 Å². The van der Waals surface area contributed by atoms with E-state index in [1.807, 2.05) is 11.8 Å². The number of thioether (sulfide) groups is 1. The Balaban J connectivity index is 2.29. The molecule has 3 unspecified atom stereocenters. The summed E-state index contributed by atoms with van der Waals surface area (Å²) in [5, 5.41) is 3.85. The Hall–Kier alpha value is 0.310. The van der Waals surface area contributed by atoms with Crippen molar-refractivity contribution in [2.24, 2.45) is 5.92 Å². The van der Waals surface area contributed by atoms with Gasteiger partial charge in [-0.2, -0.15) is 11.8 Å². The summed E-state index contributed by atoms with van der Waals surface area (Å²) in [6, 6.07) is 1.54. The van der Waals surface area contributed by atoms with E-state index in [0.29, 0.717) is 0 Å². The molecule has 1 fully saturated rings. The summed E-state index contributed by atoms with van der Waals surface area (Å²) in [5.74, 6) is 2.26. The zero-order valence-corrected chi connectivity index (χ0v) is 11.4. The van der Waals surface area contributed by atoms with Crippen LogP contribution in [0.3, 0.4) is 0 Å². The van der Waals surface area contributed by atoms with E-state index < -0.39 is 0 Å². The molecular weight excluding hydrogens is 202 g/mol. The summed E-state index contributed by atoms with van der Waals surface area (Å²) in [6.07, 6.45) is 10.6. The second-order valence-corrected chi connectivity index (χ2v) is 5.78. The third-order valence-corrected chi connectivity index (χ3v) is 4.43. The highest BCUT2D eigenvalue weighted by atomic mass is 32.2. The molecule has 0 aliphatic heterocycles. The van der Waals surface area contributed by atoms with Crippen molar-refractivity contribution in [1.82, 2.24) is 5.32 Å². The molecule has 1 rings (SSSR count). The van der Waals surface area contributed by atoms with E-state index in [4.69, 9.17) is 0 Å². The summed E-state index contributed by atoms with van der Waals surface area (Å²) in [4.78, 5) is 0. The van der Waals surface area contributed by atoms with Crippen molar-refractivity contribution < 1.29 is 0 Å². The second kappa shape index (κ2) is 7.56. The van der Waals surface area contributed by atoms with Gasteiger partial charge in [0.15, 0.2) is 0 Å². The normalized spacial score (nSPS) is 29.0. The van der Waals surface area contributed by atoms with Gasteiger partial charge in [-0.15, -0.1) is 0 Å². The first-order valence-electron chi connectivity index (χ1n) is 6.55. The van der Waals surface area contributed by atoms with Crippen molar-refractivity contribution in [3.63, 3.8) is 0 Å². The average Bonchev–Trinajstić information content (AvgIpc) is 2.29. The van der Waals surface area contributed by atoms with Crippen LogP contribution < -0.4 is 5.32 Å². The third-order valence-electron chi connectivity index (χ3n) is 3.69. The van der Waals surface area contributed by atoms with Gasteiger partial charge in [0.25, 0.3) is 0 Å². The van der Waals surface area contributed by atoms with Crippen LogP contribution in [0.15, 0.2) is 0 Å². The summed E-state index contributed by atoms with van der Waals surface area (Å²) in [7, 11) is 0. The van der Waals surface area contributed by atoms with E-state index in [1.54, 1.807) is 0 Å². The van der Waals surface area contributed by atoms with E-state index >= 15 is 0 Å². The smallest absolute Gasteiger partial charge is 0.0158 e. The molecule has 1 N–H and O–H groups in total. The topological polar surface area (TPSA) is 12.0 Å².